The second-order valence-corrected chi connectivity index (χ2v) is 4.72. The smallest absolute Gasteiger partial charge is 0.307 e. The topological polar surface area (TPSA) is 121 Å². The summed E-state index contributed by atoms with van der Waals surface area (Å²) in [5, 5.41) is 10.4. The maximum absolute atomic E-state index is 13.5. The lowest BCUT2D eigenvalue weighted by atomic mass is 9.97. The van der Waals surface area contributed by atoms with Crippen LogP contribution in [0.4, 0.5) is 14.5 Å². The monoisotopic (exact) mass is 303 g/mol. The summed E-state index contributed by atoms with van der Waals surface area (Å²) < 4.78 is 31.8. The van der Waals surface area contributed by atoms with Crippen molar-refractivity contribution in [1.29, 1.82) is 0 Å². The molecule has 0 fully saturated rings. The molecule has 0 bridgehead atoms. The van der Waals surface area contributed by atoms with Crippen molar-refractivity contribution >= 4 is 11.6 Å². The zero-order valence-electron chi connectivity index (χ0n) is 11.3. The maximum Gasteiger partial charge on any atom is 0.307 e. The highest BCUT2D eigenvalue weighted by Gasteiger charge is 2.25. The first-order valence-electron chi connectivity index (χ1n) is 6.00. The molecule has 0 spiro atoms. The molecule has 1 aromatic rings. The van der Waals surface area contributed by atoms with Crippen molar-refractivity contribution in [2.75, 3.05) is 6.61 Å². The van der Waals surface area contributed by atoms with Crippen LogP contribution in [-0.4, -0.2) is 23.0 Å². The first-order valence-corrected chi connectivity index (χ1v) is 6.00. The van der Waals surface area contributed by atoms with Crippen molar-refractivity contribution in [3.63, 3.8) is 0 Å². The van der Waals surface area contributed by atoms with Crippen LogP contribution in [0.2, 0.25) is 0 Å². The van der Waals surface area contributed by atoms with Gasteiger partial charge in [-0.1, -0.05) is 0 Å². The van der Waals surface area contributed by atoms with Crippen LogP contribution in [-0.2, 0) is 4.79 Å². The zero-order chi connectivity index (χ0) is 16.2. The molecular formula is C12H15F2N3O4. The summed E-state index contributed by atoms with van der Waals surface area (Å²) in [5.41, 5.74) is 8.49. The molecule has 116 valence electrons. The molecule has 0 aromatic heterocycles. The highest BCUT2D eigenvalue weighted by Crippen LogP contribution is 2.26. The Morgan fingerprint density at radius 2 is 2.05 bits per heavy atom. The van der Waals surface area contributed by atoms with Crippen LogP contribution >= 0.6 is 0 Å². The summed E-state index contributed by atoms with van der Waals surface area (Å²) in [7, 11) is 0. The van der Waals surface area contributed by atoms with Gasteiger partial charge in [-0.2, -0.15) is 4.39 Å². The Morgan fingerprint density at radius 1 is 1.43 bits per heavy atom. The van der Waals surface area contributed by atoms with E-state index in [9.17, 15) is 23.7 Å². The van der Waals surface area contributed by atoms with Crippen molar-refractivity contribution in [1.82, 2.24) is 0 Å². The summed E-state index contributed by atoms with van der Waals surface area (Å²) >= 11 is 0. The number of nitrogens with zero attached hydrogens (tertiary/aromatic N) is 1. The van der Waals surface area contributed by atoms with Gasteiger partial charge in [0.15, 0.2) is 11.6 Å². The summed E-state index contributed by atoms with van der Waals surface area (Å²) in [6.07, 6.45) is 0.466. The highest BCUT2D eigenvalue weighted by atomic mass is 19.1. The predicted octanol–water partition coefficient (Wildman–Crippen LogP) is 1.23. The summed E-state index contributed by atoms with van der Waals surface area (Å²) in [4.78, 5) is 20.4. The van der Waals surface area contributed by atoms with Crippen molar-refractivity contribution in [2.24, 2.45) is 11.5 Å². The Bertz CT molecular complexity index is 564. The van der Waals surface area contributed by atoms with Gasteiger partial charge < -0.3 is 16.2 Å². The van der Waals surface area contributed by atoms with Crippen LogP contribution in [0, 0.1) is 21.7 Å². The third-order valence-corrected chi connectivity index (χ3v) is 2.86. The predicted molar refractivity (Wildman–Crippen MR) is 69.5 cm³/mol. The molecule has 1 unspecified atom stereocenters. The van der Waals surface area contributed by atoms with Gasteiger partial charge in [0.25, 0.3) is 0 Å². The van der Waals surface area contributed by atoms with Crippen molar-refractivity contribution in [2.45, 2.75) is 25.3 Å². The van der Waals surface area contributed by atoms with Gasteiger partial charge in [0, 0.05) is 6.07 Å². The normalized spacial score (nSPS) is 13.5. The molecule has 0 saturated carbocycles. The number of nitrogens with two attached hydrogens (primary N) is 2. The minimum absolute atomic E-state index is 0.0474. The zero-order valence-corrected chi connectivity index (χ0v) is 11.3. The van der Waals surface area contributed by atoms with E-state index in [1.54, 1.807) is 0 Å². The first kappa shape index (κ1) is 16.8. The third-order valence-electron chi connectivity index (χ3n) is 2.86. The molecule has 0 aliphatic heterocycles. The van der Waals surface area contributed by atoms with E-state index in [1.807, 2.05) is 0 Å². The van der Waals surface area contributed by atoms with E-state index in [4.69, 9.17) is 16.2 Å². The maximum atomic E-state index is 13.5. The number of ether oxygens (including phenoxy) is 1. The molecule has 1 amide bonds. The van der Waals surface area contributed by atoms with Gasteiger partial charge in [0.05, 0.1) is 23.1 Å². The van der Waals surface area contributed by atoms with Crippen LogP contribution in [0.15, 0.2) is 12.1 Å². The summed E-state index contributed by atoms with van der Waals surface area (Å²) in [5.74, 6) is -3.38. The molecule has 0 saturated heterocycles. The third kappa shape index (κ3) is 4.35. The Morgan fingerprint density at radius 3 is 2.57 bits per heavy atom. The van der Waals surface area contributed by atoms with E-state index in [2.05, 4.69) is 0 Å². The Hall–Kier alpha value is -2.29. The van der Waals surface area contributed by atoms with Gasteiger partial charge >= 0.3 is 5.69 Å². The Balaban J connectivity index is 2.63. The van der Waals surface area contributed by atoms with Crippen LogP contribution in [0.3, 0.4) is 0 Å². The standard InChI is InChI=1S/C12H15F2N3O4/c1-12(16,11(15)18)3-2-4-21-10-6-7(13)9(17(19)20)5-8(10)14/h5-6H,2-4,16H2,1H3,(H2,15,18). The van der Waals surface area contributed by atoms with Gasteiger partial charge in [-0.15, -0.1) is 0 Å². The first-order chi connectivity index (χ1) is 9.65. The van der Waals surface area contributed by atoms with Gasteiger partial charge in [-0.3, -0.25) is 14.9 Å². The van der Waals surface area contributed by atoms with Gasteiger partial charge in [0.2, 0.25) is 11.7 Å². The van der Waals surface area contributed by atoms with Crippen LogP contribution in [0.25, 0.3) is 0 Å². The lowest BCUT2D eigenvalue weighted by Crippen LogP contribution is -2.49. The van der Waals surface area contributed by atoms with Gasteiger partial charge in [-0.05, 0) is 19.8 Å². The van der Waals surface area contributed by atoms with Crippen molar-refractivity contribution in [3.05, 3.63) is 33.9 Å². The van der Waals surface area contributed by atoms with E-state index >= 15 is 0 Å². The molecule has 4 N–H and O–H groups in total. The van der Waals surface area contributed by atoms with Crippen LogP contribution < -0.4 is 16.2 Å². The second kappa shape index (κ2) is 6.44. The molecular weight excluding hydrogens is 288 g/mol. The average Bonchev–Trinajstić information content (AvgIpc) is 2.37. The number of rotatable bonds is 7. The largest absolute Gasteiger partial charge is 0.490 e. The number of nitro groups is 1. The number of hydrogen-bond donors (Lipinski definition) is 2. The lowest BCUT2D eigenvalue weighted by molar-refractivity contribution is -0.387. The van der Waals surface area contributed by atoms with E-state index in [0.717, 1.165) is 0 Å². The highest BCUT2D eigenvalue weighted by molar-refractivity contribution is 5.83. The fourth-order valence-electron chi connectivity index (χ4n) is 1.51. The molecule has 0 radical (unpaired) electrons. The molecule has 1 aromatic carbocycles. The summed E-state index contributed by atoms with van der Waals surface area (Å²) in [6.45, 7) is 1.40. The summed E-state index contributed by atoms with van der Waals surface area (Å²) in [6, 6.07) is 1.05. The SMILES string of the molecule is CC(N)(CCCOc1cc(F)c([N+](=O)[O-])cc1F)C(N)=O. The number of carbonyl (C=O) groups excluding carboxylic acids is 1. The molecule has 1 atom stereocenters. The number of carbonyl (C=O) groups is 1. The minimum Gasteiger partial charge on any atom is -0.490 e. The van der Waals surface area contributed by atoms with Crippen molar-refractivity contribution < 1.29 is 23.2 Å². The number of nitro benzene ring substituents is 1. The van der Waals surface area contributed by atoms with E-state index in [-0.39, 0.29) is 19.4 Å². The van der Waals surface area contributed by atoms with E-state index in [0.29, 0.717) is 12.1 Å². The second-order valence-electron chi connectivity index (χ2n) is 4.72. The fourth-order valence-corrected chi connectivity index (χ4v) is 1.51. The number of amides is 1. The molecule has 21 heavy (non-hydrogen) atoms. The minimum atomic E-state index is -1.22. The molecule has 7 nitrogen and oxygen atoms in total. The molecule has 0 heterocycles. The van der Waals surface area contributed by atoms with Crippen LogP contribution in [0.1, 0.15) is 19.8 Å². The molecule has 9 heteroatoms. The van der Waals surface area contributed by atoms with Gasteiger partial charge in [-0.25, -0.2) is 4.39 Å². The molecule has 0 aliphatic carbocycles. The molecule has 1 rings (SSSR count). The number of halogens is 2. The lowest BCUT2D eigenvalue weighted by Gasteiger charge is -2.20. The van der Waals surface area contributed by atoms with E-state index < -0.39 is 39.4 Å². The quantitative estimate of drug-likeness (QED) is 0.446. The van der Waals surface area contributed by atoms with Crippen molar-refractivity contribution in [3.8, 4) is 5.75 Å². The number of hydrogen-bond acceptors (Lipinski definition) is 5. The Labute approximate surface area is 119 Å². The Kier molecular flexibility index (Phi) is 5.14. The average molecular weight is 303 g/mol. The van der Waals surface area contributed by atoms with E-state index in [1.165, 1.54) is 6.92 Å². The number of primary amides is 1. The van der Waals surface area contributed by atoms with Crippen LogP contribution in [0.5, 0.6) is 5.75 Å². The number of benzene rings is 1. The molecule has 0 aliphatic rings. The fraction of sp³-hybridized carbons (Fsp3) is 0.417. The van der Waals surface area contributed by atoms with Gasteiger partial charge in [0.1, 0.15) is 0 Å².